The molecule has 1 atom stereocenters. The zero-order chi connectivity index (χ0) is 15.4. The topological polar surface area (TPSA) is 41.1 Å². The molecule has 1 saturated carbocycles. The first kappa shape index (κ1) is 18.6. The van der Waals surface area contributed by atoms with Gasteiger partial charge < -0.3 is 10.6 Å². The van der Waals surface area contributed by atoms with Gasteiger partial charge in [-0.1, -0.05) is 36.6 Å². The fourth-order valence-electron chi connectivity index (χ4n) is 3.89. The summed E-state index contributed by atoms with van der Waals surface area (Å²) in [5.41, 5.74) is 0.939. The van der Waals surface area contributed by atoms with E-state index in [1.54, 1.807) is 0 Å². The Hall–Kier alpha value is -0.770. The van der Waals surface area contributed by atoms with Crippen LogP contribution in [0.5, 0.6) is 0 Å². The summed E-state index contributed by atoms with van der Waals surface area (Å²) in [5, 5.41) is 7.42. The highest BCUT2D eigenvalue weighted by Gasteiger charge is 2.41. The van der Waals surface area contributed by atoms with E-state index in [1.807, 2.05) is 18.2 Å². The highest BCUT2D eigenvalue weighted by molar-refractivity contribution is 6.30. The Labute approximate surface area is 150 Å². The van der Waals surface area contributed by atoms with E-state index in [-0.39, 0.29) is 29.8 Å². The molecule has 5 heteroatoms. The van der Waals surface area contributed by atoms with Gasteiger partial charge in [-0.25, -0.2) is 0 Å². The lowest BCUT2D eigenvalue weighted by Crippen LogP contribution is -2.50. The molecule has 2 fully saturated rings. The van der Waals surface area contributed by atoms with Gasteiger partial charge in [0.25, 0.3) is 0 Å². The standard InChI is InChI=1S/C18H25ClN2O.ClH/c19-15-6-3-5-14(11-15)12-18(8-1-2-9-18)17(22)21-16-7-4-10-20-13-16;/h3,5-6,11,16,20H,1-2,4,7-10,12-13H2,(H,21,22);1H/t16-;/m0./s1. The molecule has 1 saturated heterocycles. The highest BCUT2D eigenvalue weighted by atomic mass is 35.5. The molecule has 0 bridgehead atoms. The molecule has 3 rings (SSSR count). The maximum absolute atomic E-state index is 13.0. The minimum Gasteiger partial charge on any atom is -0.352 e. The summed E-state index contributed by atoms with van der Waals surface area (Å²) in [5.74, 6) is 0.249. The molecule has 1 aromatic rings. The van der Waals surface area contributed by atoms with E-state index < -0.39 is 0 Å². The molecule has 2 aliphatic rings. The molecule has 23 heavy (non-hydrogen) atoms. The summed E-state index contributed by atoms with van der Waals surface area (Å²) < 4.78 is 0. The SMILES string of the molecule is Cl.O=C(N[C@H]1CCCNC1)C1(Cc2cccc(Cl)c2)CCCC1. The molecule has 1 heterocycles. The summed E-state index contributed by atoms with van der Waals surface area (Å²) in [6.07, 6.45) is 7.32. The summed E-state index contributed by atoms with van der Waals surface area (Å²) in [6.45, 7) is 1.97. The molecule has 2 N–H and O–H groups in total. The maximum Gasteiger partial charge on any atom is 0.226 e. The van der Waals surface area contributed by atoms with Gasteiger partial charge in [-0.05, 0) is 56.3 Å². The average Bonchev–Trinajstić information content (AvgIpc) is 2.98. The van der Waals surface area contributed by atoms with E-state index in [9.17, 15) is 4.79 Å². The number of benzene rings is 1. The van der Waals surface area contributed by atoms with Crippen LogP contribution in [-0.2, 0) is 11.2 Å². The Balaban J connectivity index is 0.00000192. The lowest BCUT2D eigenvalue weighted by atomic mass is 9.78. The maximum atomic E-state index is 13.0. The second-order valence-electron chi connectivity index (χ2n) is 6.81. The Morgan fingerprint density at radius 3 is 2.74 bits per heavy atom. The van der Waals surface area contributed by atoms with Crippen LogP contribution in [0.2, 0.25) is 5.02 Å². The van der Waals surface area contributed by atoms with E-state index in [0.29, 0.717) is 0 Å². The van der Waals surface area contributed by atoms with Crippen molar-refractivity contribution < 1.29 is 4.79 Å². The molecule has 0 aromatic heterocycles. The number of nitrogens with one attached hydrogen (secondary N) is 2. The van der Waals surface area contributed by atoms with Gasteiger partial charge in [0.1, 0.15) is 0 Å². The Bertz CT molecular complexity index is 524. The third-order valence-corrected chi connectivity index (χ3v) is 5.34. The second kappa shape index (κ2) is 8.36. The molecule has 0 radical (unpaired) electrons. The largest absolute Gasteiger partial charge is 0.352 e. The summed E-state index contributed by atoms with van der Waals surface area (Å²) in [6, 6.07) is 8.24. The fraction of sp³-hybridized carbons (Fsp3) is 0.611. The van der Waals surface area contributed by atoms with E-state index in [4.69, 9.17) is 11.6 Å². The molecule has 1 aromatic carbocycles. The Morgan fingerprint density at radius 2 is 2.09 bits per heavy atom. The van der Waals surface area contributed by atoms with Crippen molar-refractivity contribution >= 4 is 29.9 Å². The van der Waals surface area contributed by atoms with Gasteiger partial charge in [0, 0.05) is 17.6 Å². The molecule has 128 valence electrons. The Kier molecular flexibility index (Phi) is 6.75. The minimum absolute atomic E-state index is 0. The molecule has 1 amide bonds. The van der Waals surface area contributed by atoms with Crippen molar-refractivity contribution in [1.29, 1.82) is 0 Å². The molecular weight excluding hydrogens is 331 g/mol. The first-order chi connectivity index (χ1) is 10.7. The van der Waals surface area contributed by atoms with E-state index in [2.05, 4.69) is 16.7 Å². The van der Waals surface area contributed by atoms with Gasteiger partial charge >= 0.3 is 0 Å². The zero-order valence-electron chi connectivity index (χ0n) is 13.4. The predicted molar refractivity (Wildman–Crippen MR) is 97.3 cm³/mol. The van der Waals surface area contributed by atoms with Crippen LogP contribution in [0.3, 0.4) is 0 Å². The van der Waals surface area contributed by atoms with Crippen LogP contribution in [0.15, 0.2) is 24.3 Å². The number of piperidine rings is 1. The molecule has 0 spiro atoms. The van der Waals surface area contributed by atoms with Crippen molar-refractivity contribution in [3.8, 4) is 0 Å². The highest BCUT2D eigenvalue weighted by Crippen LogP contribution is 2.41. The number of amides is 1. The first-order valence-corrected chi connectivity index (χ1v) is 8.82. The average molecular weight is 357 g/mol. The van der Waals surface area contributed by atoms with Crippen molar-refractivity contribution in [2.75, 3.05) is 13.1 Å². The van der Waals surface area contributed by atoms with Gasteiger partial charge in [0.05, 0.1) is 5.41 Å². The monoisotopic (exact) mass is 356 g/mol. The van der Waals surface area contributed by atoms with Crippen molar-refractivity contribution in [2.45, 2.75) is 51.0 Å². The van der Waals surface area contributed by atoms with Crippen molar-refractivity contribution in [2.24, 2.45) is 5.41 Å². The smallest absolute Gasteiger partial charge is 0.226 e. The van der Waals surface area contributed by atoms with Crippen LogP contribution in [-0.4, -0.2) is 25.0 Å². The van der Waals surface area contributed by atoms with Crippen LogP contribution in [0.1, 0.15) is 44.1 Å². The lowest BCUT2D eigenvalue weighted by Gasteiger charge is -2.32. The number of hydrogen-bond donors (Lipinski definition) is 2. The zero-order valence-corrected chi connectivity index (χ0v) is 15.0. The third kappa shape index (κ3) is 4.62. The van der Waals surface area contributed by atoms with Gasteiger partial charge in [-0.15, -0.1) is 12.4 Å². The molecule has 3 nitrogen and oxygen atoms in total. The summed E-state index contributed by atoms with van der Waals surface area (Å²) in [7, 11) is 0. The van der Waals surface area contributed by atoms with Gasteiger partial charge in [-0.2, -0.15) is 0 Å². The van der Waals surface area contributed by atoms with Gasteiger partial charge in [0.15, 0.2) is 0 Å². The third-order valence-electron chi connectivity index (χ3n) is 5.11. The molecule has 0 unspecified atom stereocenters. The molecule has 1 aliphatic carbocycles. The van der Waals surface area contributed by atoms with Crippen LogP contribution in [0, 0.1) is 5.41 Å². The van der Waals surface area contributed by atoms with E-state index in [1.165, 1.54) is 5.56 Å². The van der Waals surface area contributed by atoms with E-state index >= 15 is 0 Å². The summed E-state index contributed by atoms with van der Waals surface area (Å²) >= 11 is 6.10. The molecular formula is C18H26Cl2N2O. The van der Waals surface area contributed by atoms with Crippen LogP contribution in [0.25, 0.3) is 0 Å². The van der Waals surface area contributed by atoms with Crippen LogP contribution in [0.4, 0.5) is 0 Å². The number of halogens is 2. The first-order valence-electron chi connectivity index (χ1n) is 8.44. The second-order valence-corrected chi connectivity index (χ2v) is 7.25. The van der Waals surface area contributed by atoms with Crippen molar-refractivity contribution in [1.82, 2.24) is 10.6 Å². The minimum atomic E-state index is -0.234. The fourth-order valence-corrected chi connectivity index (χ4v) is 4.10. The number of hydrogen-bond acceptors (Lipinski definition) is 2. The predicted octanol–water partition coefficient (Wildman–Crippen LogP) is 3.73. The van der Waals surface area contributed by atoms with Crippen LogP contribution >= 0.6 is 24.0 Å². The normalized spacial score (nSPS) is 23.1. The lowest BCUT2D eigenvalue weighted by molar-refractivity contribution is -0.131. The number of rotatable bonds is 4. The number of carbonyl (C=O) groups excluding carboxylic acids is 1. The van der Waals surface area contributed by atoms with Crippen molar-refractivity contribution in [3.63, 3.8) is 0 Å². The molecule has 1 aliphatic heterocycles. The quantitative estimate of drug-likeness (QED) is 0.862. The van der Waals surface area contributed by atoms with Gasteiger partial charge in [0.2, 0.25) is 5.91 Å². The van der Waals surface area contributed by atoms with Crippen LogP contribution < -0.4 is 10.6 Å². The summed E-state index contributed by atoms with van der Waals surface area (Å²) in [4.78, 5) is 13.0. The van der Waals surface area contributed by atoms with Gasteiger partial charge in [-0.3, -0.25) is 4.79 Å². The van der Waals surface area contributed by atoms with E-state index in [0.717, 1.165) is 63.1 Å². The number of carbonyl (C=O) groups is 1. The Morgan fingerprint density at radius 1 is 1.30 bits per heavy atom. The van der Waals surface area contributed by atoms with Crippen molar-refractivity contribution in [3.05, 3.63) is 34.9 Å².